The van der Waals surface area contributed by atoms with Crippen LogP contribution in [0.25, 0.3) is 0 Å². The lowest BCUT2D eigenvalue weighted by atomic mass is 10.0. The van der Waals surface area contributed by atoms with Gasteiger partial charge in [0.15, 0.2) is 0 Å². The normalized spacial score (nSPS) is 15.4. The van der Waals surface area contributed by atoms with Gasteiger partial charge in [-0.05, 0) is 56.5 Å². The Morgan fingerprint density at radius 3 is 2.18 bits per heavy atom. The van der Waals surface area contributed by atoms with E-state index in [1.54, 1.807) is 19.1 Å². The van der Waals surface area contributed by atoms with Crippen LogP contribution in [-0.4, -0.2) is 44.9 Å². The Morgan fingerprint density at radius 2 is 1.57 bits per heavy atom. The number of amides is 1. The van der Waals surface area contributed by atoms with Crippen molar-refractivity contribution >= 4 is 21.6 Å². The van der Waals surface area contributed by atoms with E-state index in [4.69, 9.17) is 4.74 Å². The van der Waals surface area contributed by atoms with E-state index in [9.17, 15) is 13.2 Å². The average Bonchev–Trinajstić information content (AvgIpc) is 2.65. The molecule has 0 aromatic heterocycles. The van der Waals surface area contributed by atoms with E-state index in [1.165, 1.54) is 10.4 Å². The third kappa shape index (κ3) is 4.11. The molecule has 1 saturated heterocycles. The number of anilines is 1. The van der Waals surface area contributed by atoms with Crippen molar-refractivity contribution in [3.05, 3.63) is 58.1 Å². The third-order valence-electron chi connectivity index (χ3n) is 4.95. The Bertz CT molecular complexity index is 986. The van der Waals surface area contributed by atoms with Gasteiger partial charge in [0.25, 0.3) is 5.91 Å². The first-order chi connectivity index (χ1) is 13.2. The Morgan fingerprint density at radius 1 is 0.964 bits per heavy atom. The highest BCUT2D eigenvalue weighted by Crippen LogP contribution is 2.25. The van der Waals surface area contributed by atoms with Crippen molar-refractivity contribution in [2.24, 2.45) is 0 Å². The molecule has 150 valence electrons. The number of hydrogen-bond acceptors (Lipinski definition) is 4. The van der Waals surface area contributed by atoms with Crippen molar-refractivity contribution in [2.75, 3.05) is 31.6 Å². The van der Waals surface area contributed by atoms with E-state index in [0.717, 1.165) is 22.4 Å². The fraction of sp³-hybridized carbons (Fsp3) is 0.381. The Kier molecular flexibility index (Phi) is 5.88. The summed E-state index contributed by atoms with van der Waals surface area (Å²) >= 11 is 0. The van der Waals surface area contributed by atoms with Crippen molar-refractivity contribution in [2.45, 2.75) is 32.6 Å². The number of nitrogens with zero attached hydrogens (tertiary/aromatic N) is 1. The molecule has 0 saturated carbocycles. The number of carbonyl (C=O) groups excluding carboxylic acids is 1. The van der Waals surface area contributed by atoms with Crippen LogP contribution in [-0.2, 0) is 14.8 Å². The molecule has 7 heteroatoms. The minimum absolute atomic E-state index is 0.166. The number of nitrogens with one attached hydrogen (secondary N) is 1. The molecule has 0 unspecified atom stereocenters. The van der Waals surface area contributed by atoms with E-state index in [1.807, 2.05) is 32.9 Å². The van der Waals surface area contributed by atoms with Gasteiger partial charge >= 0.3 is 0 Å². The molecule has 28 heavy (non-hydrogen) atoms. The molecule has 1 heterocycles. The van der Waals surface area contributed by atoms with Crippen molar-refractivity contribution in [1.82, 2.24) is 4.31 Å². The van der Waals surface area contributed by atoms with Gasteiger partial charge in [-0.3, -0.25) is 4.79 Å². The molecule has 0 aliphatic carbocycles. The summed E-state index contributed by atoms with van der Waals surface area (Å²) in [5.74, 6) is -0.325. The SMILES string of the molecule is Cc1cc(C)c(NC(=O)c2ccc(C)c(S(=O)(=O)N3CCOCC3)c2)c(C)c1. The molecule has 2 aromatic rings. The average molecular weight is 403 g/mol. The van der Waals surface area contributed by atoms with Gasteiger partial charge in [0.05, 0.1) is 18.1 Å². The maximum absolute atomic E-state index is 13.0. The number of rotatable bonds is 4. The number of morpholine rings is 1. The second-order valence-electron chi connectivity index (χ2n) is 7.22. The van der Waals surface area contributed by atoms with Gasteiger partial charge in [-0.25, -0.2) is 8.42 Å². The summed E-state index contributed by atoms with van der Waals surface area (Å²) < 4.78 is 32.7. The van der Waals surface area contributed by atoms with Crippen LogP contribution in [0.4, 0.5) is 5.69 Å². The minimum atomic E-state index is -3.67. The van der Waals surface area contributed by atoms with Crippen molar-refractivity contribution in [1.29, 1.82) is 0 Å². The predicted octanol–water partition coefficient (Wildman–Crippen LogP) is 3.19. The van der Waals surface area contributed by atoms with Crippen LogP contribution < -0.4 is 5.32 Å². The van der Waals surface area contributed by atoms with Crippen LogP contribution in [0.5, 0.6) is 0 Å². The highest BCUT2D eigenvalue weighted by molar-refractivity contribution is 7.89. The molecular formula is C21H26N2O4S. The summed E-state index contributed by atoms with van der Waals surface area (Å²) in [6, 6.07) is 8.81. The number of carbonyl (C=O) groups is 1. The minimum Gasteiger partial charge on any atom is -0.379 e. The summed E-state index contributed by atoms with van der Waals surface area (Å²) in [5.41, 5.74) is 4.76. The molecule has 0 radical (unpaired) electrons. The predicted molar refractivity (Wildman–Crippen MR) is 109 cm³/mol. The van der Waals surface area contributed by atoms with Crippen LogP contribution in [0.2, 0.25) is 0 Å². The summed E-state index contributed by atoms with van der Waals surface area (Å²) in [6.45, 7) is 9.03. The van der Waals surface area contributed by atoms with Crippen LogP contribution in [0.15, 0.2) is 35.2 Å². The van der Waals surface area contributed by atoms with Gasteiger partial charge in [-0.2, -0.15) is 4.31 Å². The fourth-order valence-electron chi connectivity index (χ4n) is 3.51. The maximum Gasteiger partial charge on any atom is 0.255 e. The highest BCUT2D eigenvalue weighted by atomic mass is 32.2. The zero-order valence-electron chi connectivity index (χ0n) is 16.7. The quantitative estimate of drug-likeness (QED) is 0.852. The first kappa shape index (κ1) is 20.5. The third-order valence-corrected chi connectivity index (χ3v) is 6.99. The van der Waals surface area contributed by atoms with Gasteiger partial charge in [-0.1, -0.05) is 23.8 Å². The Hall–Kier alpha value is -2.22. The molecule has 1 amide bonds. The lowest BCUT2D eigenvalue weighted by Crippen LogP contribution is -2.40. The molecule has 1 aliphatic heterocycles. The van der Waals surface area contributed by atoms with Gasteiger partial charge in [0.2, 0.25) is 10.0 Å². The zero-order chi connectivity index (χ0) is 20.5. The Balaban J connectivity index is 1.92. The molecule has 1 aliphatic rings. The van der Waals surface area contributed by atoms with Gasteiger partial charge in [-0.15, -0.1) is 0 Å². The number of ether oxygens (including phenoxy) is 1. The van der Waals surface area contributed by atoms with Crippen molar-refractivity contribution in [3.63, 3.8) is 0 Å². The number of benzene rings is 2. The second kappa shape index (κ2) is 8.03. The van der Waals surface area contributed by atoms with Gasteiger partial charge in [0.1, 0.15) is 0 Å². The molecule has 3 rings (SSSR count). The van der Waals surface area contributed by atoms with Crippen LogP contribution in [0, 0.1) is 27.7 Å². The van der Waals surface area contributed by atoms with Crippen LogP contribution in [0.3, 0.4) is 0 Å². The lowest BCUT2D eigenvalue weighted by Gasteiger charge is -2.26. The highest BCUT2D eigenvalue weighted by Gasteiger charge is 2.28. The molecule has 0 bridgehead atoms. The van der Waals surface area contributed by atoms with E-state index >= 15 is 0 Å². The summed E-state index contributed by atoms with van der Waals surface area (Å²) in [6.07, 6.45) is 0. The second-order valence-corrected chi connectivity index (χ2v) is 9.13. The summed E-state index contributed by atoms with van der Waals surface area (Å²) in [7, 11) is -3.67. The van der Waals surface area contributed by atoms with E-state index < -0.39 is 10.0 Å². The molecule has 6 nitrogen and oxygen atoms in total. The zero-order valence-corrected chi connectivity index (χ0v) is 17.5. The summed E-state index contributed by atoms with van der Waals surface area (Å²) in [5, 5.41) is 2.93. The van der Waals surface area contributed by atoms with Gasteiger partial charge < -0.3 is 10.1 Å². The van der Waals surface area contributed by atoms with Crippen molar-refractivity contribution in [3.8, 4) is 0 Å². The molecule has 0 atom stereocenters. The smallest absolute Gasteiger partial charge is 0.255 e. The molecular weight excluding hydrogens is 376 g/mol. The molecule has 0 spiro atoms. The maximum atomic E-state index is 13.0. The van der Waals surface area contributed by atoms with E-state index in [2.05, 4.69) is 5.32 Å². The monoisotopic (exact) mass is 402 g/mol. The first-order valence-electron chi connectivity index (χ1n) is 9.28. The molecule has 2 aromatic carbocycles. The van der Waals surface area contributed by atoms with Crippen molar-refractivity contribution < 1.29 is 17.9 Å². The Labute approximate surface area is 166 Å². The topological polar surface area (TPSA) is 75.7 Å². The summed E-state index contributed by atoms with van der Waals surface area (Å²) in [4.78, 5) is 13.0. The number of hydrogen-bond donors (Lipinski definition) is 1. The standard InChI is InChI=1S/C21H26N2O4S/c1-14-11-16(3)20(17(4)12-14)22-21(24)18-6-5-15(2)19(13-18)28(25,26)23-7-9-27-10-8-23/h5-6,11-13H,7-10H2,1-4H3,(H,22,24). The van der Waals surface area contributed by atoms with E-state index in [0.29, 0.717) is 37.4 Å². The number of aryl methyl sites for hydroxylation is 4. The first-order valence-corrected chi connectivity index (χ1v) is 10.7. The largest absolute Gasteiger partial charge is 0.379 e. The lowest BCUT2D eigenvalue weighted by molar-refractivity contribution is 0.0730. The van der Waals surface area contributed by atoms with Crippen LogP contribution in [0.1, 0.15) is 32.6 Å². The van der Waals surface area contributed by atoms with Crippen LogP contribution >= 0.6 is 0 Å². The molecule has 1 N–H and O–H groups in total. The fourth-order valence-corrected chi connectivity index (χ4v) is 5.17. The molecule has 1 fully saturated rings. The van der Waals surface area contributed by atoms with Gasteiger partial charge in [0, 0.05) is 24.3 Å². The van der Waals surface area contributed by atoms with E-state index in [-0.39, 0.29) is 10.8 Å². The number of sulfonamides is 1.